The smallest absolute Gasteiger partial charge is 0.194 e. The Hall–Kier alpha value is -2.82. The molecular weight excluding hydrogens is 493 g/mol. The normalized spacial score (nSPS) is 14.4. The van der Waals surface area contributed by atoms with E-state index in [4.69, 9.17) is 0 Å². The zero-order valence-electron chi connectivity index (χ0n) is 16.8. The van der Waals surface area contributed by atoms with E-state index < -0.39 is 0 Å². The monoisotopic (exact) mass is 519 g/mol. The maximum absolute atomic E-state index is 10.1. The van der Waals surface area contributed by atoms with Crippen molar-refractivity contribution in [2.24, 2.45) is 4.99 Å². The van der Waals surface area contributed by atoms with Crippen molar-refractivity contribution in [3.63, 3.8) is 0 Å². The largest absolute Gasteiger partial charge is 0.506 e. The zero-order chi connectivity index (χ0) is 20.1. The van der Waals surface area contributed by atoms with Gasteiger partial charge in [0.1, 0.15) is 12.1 Å². The van der Waals surface area contributed by atoms with Gasteiger partial charge in [-0.2, -0.15) is 5.10 Å². The molecule has 1 fully saturated rings. The number of para-hydroxylation sites is 2. The third-order valence-electron chi connectivity index (χ3n) is 5.08. The maximum Gasteiger partial charge on any atom is 0.194 e. The minimum absolute atomic E-state index is 0. The van der Waals surface area contributed by atoms with E-state index in [1.165, 1.54) is 6.33 Å². The summed E-state index contributed by atoms with van der Waals surface area (Å²) >= 11 is 0. The molecule has 0 atom stereocenters. The summed E-state index contributed by atoms with van der Waals surface area (Å²) in [6.45, 7) is 4.02. The molecule has 2 aromatic carbocycles. The summed E-state index contributed by atoms with van der Waals surface area (Å²) in [7, 11) is 1.81. The Kier molecular flexibility index (Phi) is 7.50. The molecule has 9 heteroatoms. The van der Waals surface area contributed by atoms with Gasteiger partial charge in [0.25, 0.3) is 0 Å². The van der Waals surface area contributed by atoms with E-state index in [9.17, 15) is 5.11 Å². The number of hydrogen-bond acceptors (Lipinski definition) is 5. The quantitative estimate of drug-likeness (QED) is 0.279. The first-order valence-corrected chi connectivity index (χ1v) is 9.68. The molecule has 0 spiro atoms. The average Bonchev–Trinajstić information content (AvgIpc) is 3.30. The van der Waals surface area contributed by atoms with E-state index in [0.717, 1.165) is 54.8 Å². The average molecular weight is 519 g/mol. The van der Waals surface area contributed by atoms with Gasteiger partial charge >= 0.3 is 0 Å². The molecule has 8 nitrogen and oxygen atoms in total. The Morgan fingerprint density at radius 3 is 2.63 bits per heavy atom. The number of nitrogens with one attached hydrogen (secondary N) is 2. The molecule has 0 amide bonds. The van der Waals surface area contributed by atoms with Crippen LogP contribution >= 0.6 is 24.0 Å². The molecule has 0 bridgehead atoms. The van der Waals surface area contributed by atoms with Crippen molar-refractivity contribution in [2.45, 2.75) is 6.54 Å². The lowest BCUT2D eigenvalue weighted by Crippen LogP contribution is -2.52. The minimum atomic E-state index is 0. The number of aliphatic imine (C=N–C) groups is 1. The molecule has 30 heavy (non-hydrogen) atoms. The lowest BCUT2D eigenvalue weighted by Gasteiger charge is -2.37. The number of H-pyrrole nitrogens is 1. The number of anilines is 1. The van der Waals surface area contributed by atoms with Gasteiger partial charge in [-0.15, -0.1) is 24.0 Å². The summed E-state index contributed by atoms with van der Waals surface area (Å²) in [6, 6.07) is 15.7. The van der Waals surface area contributed by atoms with Crippen LogP contribution in [0.5, 0.6) is 5.75 Å². The summed E-state index contributed by atoms with van der Waals surface area (Å²) in [4.78, 5) is 13.1. The molecule has 1 aliphatic heterocycles. The molecule has 3 N–H and O–H groups in total. The first-order chi connectivity index (χ1) is 14.2. The maximum atomic E-state index is 10.1. The van der Waals surface area contributed by atoms with Crippen molar-refractivity contribution in [1.29, 1.82) is 0 Å². The van der Waals surface area contributed by atoms with E-state index in [-0.39, 0.29) is 24.0 Å². The number of rotatable bonds is 4. The fourth-order valence-corrected chi connectivity index (χ4v) is 3.58. The molecular formula is C21H26IN7O. The van der Waals surface area contributed by atoms with Crippen molar-refractivity contribution in [3.05, 3.63) is 60.4 Å². The number of aromatic hydroxyl groups is 1. The highest BCUT2D eigenvalue weighted by molar-refractivity contribution is 14.0. The van der Waals surface area contributed by atoms with E-state index >= 15 is 0 Å². The number of halogens is 1. The first kappa shape index (κ1) is 21.9. The molecule has 1 aromatic heterocycles. The van der Waals surface area contributed by atoms with E-state index in [2.05, 4.69) is 47.4 Å². The summed E-state index contributed by atoms with van der Waals surface area (Å²) < 4.78 is 0. The molecule has 3 aromatic rings. The first-order valence-electron chi connectivity index (χ1n) is 9.68. The highest BCUT2D eigenvalue weighted by atomic mass is 127. The van der Waals surface area contributed by atoms with Gasteiger partial charge in [0.2, 0.25) is 0 Å². The summed E-state index contributed by atoms with van der Waals surface area (Å²) in [6.07, 6.45) is 1.51. The minimum Gasteiger partial charge on any atom is -0.506 e. The van der Waals surface area contributed by atoms with Crippen LogP contribution in [0.25, 0.3) is 11.4 Å². The highest BCUT2D eigenvalue weighted by Crippen LogP contribution is 2.27. The Morgan fingerprint density at radius 2 is 1.93 bits per heavy atom. The standard InChI is InChI=1S/C21H25N7O.HI/c1-22-21(23-14-16-5-4-6-17(13-16)20-24-15-25-26-20)28-11-9-27(10-12-28)18-7-2-3-8-19(18)29;/h2-8,13,15,29H,9-12,14H2,1H3,(H,22,23)(H,24,25,26);1H. The summed E-state index contributed by atoms with van der Waals surface area (Å²) in [5.41, 5.74) is 3.04. The van der Waals surface area contributed by atoms with Crippen LogP contribution in [0.4, 0.5) is 5.69 Å². The molecule has 1 saturated heterocycles. The molecule has 2 heterocycles. The third kappa shape index (κ3) is 5.02. The van der Waals surface area contributed by atoms with Crippen molar-refractivity contribution in [2.75, 3.05) is 38.1 Å². The van der Waals surface area contributed by atoms with Gasteiger partial charge in [0.05, 0.1) is 5.69 Å². The third-order valence-corrected chi connectivity index (χ3v) is 5.08. The van der Waals surface area contributed by atoms with Crippen LogP contribution < -0.4 is 10.2 Å². The molecule has 0 aliphatic carbocycles. The Bertz CT molecular complexity index is 969. The van der Waals surface area contributed by atoms with E-state index in [1.54, 1.807) is 6.07 Å². The number of piperazine rings is 1. The molecule has 0 radical (unpaired) electrons. The number of hydrogen-bond donors (Lipinski definition) is 3. The second-order valence-corrected chi connectivity index (χ2v) is 6.90. The number of phenols is 1. The fourth-order valence-electron chi connectivity index (χ4n) is 3.58. The number of nitrogens with zero attached hydrogens (tertiary/aromatic N) is 5. The van der Waals surface area contributed by atoms with Crippen LogP contribution in [0, 0.1) is 0 Å². The van der Waals surface area contributed by atoms with Gasteiger partial charge in [-0.1, -0.05) is 30.3 Å². The van der Waals surface area contributed by atoms with Crippen LogP contribution in [0.15, 0.2) is 59.9 Å². The van der Waals surface area contributed by atoms with Crippen molar-refractivity contribution in [3.8, 4) is 17.1 Å². The number of guanidine groups is 1. The van der Waals surface area contributed by atoms with Gasteiger partial charge < -0.3 is 20.2 Å². The predicted molar refractivity (Wildman–Crippen MR) is 129 cm³/mol. The van der Waals surface area contributed by atoms with Crippen LogP contribution in [0.1, 0.15) is 5.56 Å². The Morgan fingerprint density at radius 1 is 1.13 bits per heavy atom. The summed E-state index contributed by atoms with van der Waals surface area (Å²) in [5, 5.41) is 20.3. The van der Waals surface area contributed by atoms with Crippen molar-refractivity contribution < 1.29 is 5.11 Å². The lowest BCUT2D eigenvalue weighted by molar-refractivity contribution is 0.369. The molecule has 4 rings (SSSR count). The number of benzene rings is 2. The molecule has 0 unspecified atom stereocenters. The number of aromatic amines is 1. The SMILES string of the molecule is CN=C(NCc1cccc(-c2ncn[nH]2)c1)N1CCN(c2ccccc2O)CC1.I. The van der Waals surface area contributed by atoms with Crippen molar-refractivity contribution in [1.82, 2.24) is 25.4 Å². The van der Waals surface area contributed by atoms with Gasteiger partial charge in [0, 0.05) is 45.3 Å². The van der Waals surface area contributed by atoms with Gasteiger partial charge in [-0.3, -0.25) is 10.1 Å². The van der Waals surface area contributed by atoms with Gasteiger partial charge in [-0.25, -0.2) is 4.98 Å². The molecule has 158 valence electrons. The second kappa shape index (κ2) is 10.3. The predicted octanol–water partition coefficient (Wildman–Crippen LogP) is 2.69. The van der Waals surface area contributed by atoms with Crippen LogP contribution in [-0.4, -0.2) is 64.4 Å². The highest BCUT2D eigenvalue weighted by Gasteiger charge is 2.21. The second-order valence-electron chi connectivity index (χ2n) is 6.90. The van der Waals surface area contributed by atoms with Gasteiger partial charge in [0.15, 0.2) is 11.8 Å². The number of phenolic OH excluding ortho intramolecular Hbond substituents is 1. The Balaban J connectivity index is 0.00000256. The fraction of sp³-hybridized carbons (Fsp3) is 0.286. The van der Waals surface area contributed by atoms with Crippen LogP contribution in [0.3, 0.4) is 0 Å². The van der Waals surface area contributed by atoms with E-state index in [1.807, 2.05) is 37.4 Å². The van der Waals surface area contributed by atoms with Crippen molar-refractivity contribution >= 4 is 35.6 Å². The molecule has 1 aliphatic rings. The van der Waals surface area contributed by atoms with Crippen LogP contribution in [-0.2, 0) is 6.54 Å². The van der Waals surface area contributed by atoms with Gasteiger partial charge in [-0.05, 0) is 23.8 Å². The molecule has 0 saturated carbocycles. The Labute approximate surface area is 193 Å². The summed E-state index contributed by atoms with van der Waals surface area (Å²) in [5.74, 6) is 1.97. The zero-order valence-corrected chi connectivity index (χ0v) is 19.2. The van der Waals surface area contributed by atoms with E-state index in [0.29, 0.717) is 12.3 Å². The topological polar surface area (TPSA) is 92.7 Å². The van der Waals surface area contributed by atoms with Crippen LogP contribution in [0.2, 0.25) is 0 Å². The number of aromatic nitrogens is 3. The lowest BCUT2D eigenvalue weighted by atomic mass is 10.1.